The zero-order valence-corrected chi connectivity index (χ0v) is 17.5. The summed E-state index contributed by atoms with van der Waals surface area (Å²) in [6.45, 7) is 2.73. The van der Waals surface area contributed by atoms with Crippen molar-refractivity contribution < 1.29 is 9.68 Å². The third kappa shape index (κ3) is 4.02. The summed E-state index contributed by atoms with van der Waals surface area (Å²) in [7, 11) is 4.13. The van der Waals surface area contributed by atoms with Crippen LogP contribution in [0.3, 0.4) is 0 Å². The van der Waals surface area contributed by atoms with Crippen LogP contribution in [0, 0.1) is 0 Å². The van der Waals surface area contributed by atoms with Gasteiger partial charge in [-0.05, 0) is 62.5 Å². The van der Waals surface area contributed by atoms with Gasteiger partial charge in [0, 0.05) is 39.0 Å². The van der Waals surface area contributed by atoms with Crippen molar-refractivity contribution in [3.8, 4) is 5.75 Å². The van der Waals surface area contributed by atoms with E-state index in [1.54, 1.807) is 6.07 Å². The number of phenols is 1. The molecule has 1 aromatic carbocycles. The summed E-state index contributed by atoms with van der Waals surface area (Å²) in [6.07, 6.45) is 9.00. The van der Waals surface area contributed by atoms with Crippen molar-refractivity contribution >= 4 is 41.3 Å². The Morgan fingerprint density at radius 3 is 2.78 bits per heavy atom. The molecule has 138 valence electrons. The van der Waals surface area contributed by atoms with Crippen molar-refractivity contribution in [2.24, 2.45) is 5.73 Å². The van der Waals surface area contributed by atoms with Crippen molar-refractivity contribution in [2.45, 2.75) is 13.3 Å². The second-order valence-electron chi connectivity index (χ2n) is 6.72. The van der Waals surface area contributed by atoms with Gasteiger partial charge >= 0.3 is 0 Å². The molecule has 1 aliphatic heterocycles. The molecule has 0 saturated carbocycles. The molecular weight excluding hydrogens is 401 g/mol. The number of nitrogens with zero attached hydrogens (tertiary/aromatic N) is 2. The van der Waals surface area contributed by atoms with E-state index in [2.05, 4.69) is 71.3 Å². The van der Waals surface area contributed by atoms with E-state index in [1.165, 1.54) is 22.5 Å². The predicted molar refractivity (Wildman–Crippen MR) is 119 cm³/mol. The fourth-order valence-electron chi connectivity index (χ4n) is 3.50. The smallest absolute Gasteiger partial charge is 0.223 e. The van der Waals surface area contributed by atoms with E-state index in [0.29, 0.717) is 6.54 Å². The fourth-order valence-corrected chi connectivity index (χ4v) is 3.88. The first-order valence-electron chi connectivity index (χ1n) is 8.93. The van der Waals surface area contributed by atoms with E-state index in [-0.39, 0.29) is 5.75 Å². The molecule has 1 aromatic heterocycles. The van der Waals surface area contributed by atoms with Gasteiger partial charge in [0.25, 0.3) is 0 Å². The zero-order valence-electron chi connectivity index (χ0n) is 15.9. The quantitative estimate of drug-likeness (QED) is 0.572. The van der Waals surface area contributed by atoms with Crippen molar-refractivity contribution in [2.75, 3.05) is 13.6 Å². The van der Waals surface area contributed by atoms with Gasteiger partial charge in [-0.15, -0.1) is 0 Å². The maximum Gasteiger partial charge on any atom is 0.223 e. The SMILES string of the molecule is Bn1cccc1/C(CCN)=C1/C(C)=CC(/C=C/c2cc(Br)ccc2O)=[N+]1C. The van der Waals surface area contributed by atoms with Crippen molar-refractivity contribution in [1.29, 1.82) is 0 Å². The van der Waals surface area contributed by atoms with E-state index >= 15 is 0 Å². The highest BCUT2D eigenvalue weighted by molar-refractivity contribution is 9.10. The Kier molecular flexibility index (Phi) is 5.87. The first-order valence-corrected chi connectivity index (χ1v) is 9.72. The summed E-state index contributed by atoms with van der Waals surface area (Å²) in [5.74, 6) is 0.264. The Morgan fingerprint density at radius 2 is 2.11 bits per heavy atom. The molecule has 0 spiro atoms. The topological polar surface area (TPSA) is 54.2 Å². The molecule has 0 atom stereocenters. The van der Waals surface area contributed by atoms with E-state index in [0.717, 1.165) is 22.2 Å². The first kappa shape index (κ1) is 19.5. The van der Waals surface area contributed by atoms with Crippen LogP contribution in [0.25, 0.3) is 11.6 Å². The van der Waals surface area contributed by atoms with E-state index < -0.39 is 0 Å². The summed E-state index contributed by atoms with van der Waals surface area (Å²) < 4.78 is 5.26. The molecule has 4 nitrogen and oxygen atoms in total. The predicted octanol–water partition coefficient (Wildman–Crippen LogP) is 3.17. The maximum atomic E-state index is 10.1. The normalized spacial score (nSPS) is 16.4. The molecule has 2 heterocycles. The minimum atomic E-state index is 0.264. The van der Waals surface area contributed by atoms with E-state index in [1.807, 2.05) is 24.3 Å². The average Bonchev–Trinajstić information content (AvgIpc) is 3.17. The Morgan fingerprint density at radius 1 is 1.33 bits per heavy atom. The second-order valence-corrected chi connectivity index (χ2v) is 7.63. The minimum absolute atomic E-state index is 0.264. The van der Waals surface area contributed by atoms with Crippen LogP contribution in [0.5, 0.6) is 5.75 Å². The number of phenolic OH excluding ortho intramolecular Hbond substituents is 1. The molecule has 2 aromatic rings. The van der Waals surface area contributed by atoms with Gasteiger partial charge in [-0.2, -0.15) is 4.58 Å². The van der Waals surface area contributed by atoms with Gasteiger partial charge in [0.1, 0.15) is 12.8 Å². The van der Waals surface area contributed by atoms with E-state index in [9.17, 15) is 5.11 Å². The van der Waals surface area contributed by atoms with Gasteiger partial charge in [-0.3, -0.25) is 0 Å². The summed E-state index contributed by atoms with van der Waals surface area (Å²) in [5.41, 5.74) is 12.6. The molecule has 0 aliphatic carbocycles. The molecule has 0 saturated heterocycles. The standard InChI is InChI=1S/C21H23BBrN3O/c1-14-12-17(7-5-15-13-16(23)6-8-20(15)27)25(2)21(14)18(9-10-24)19-4-3-11-26(19)22/h3-8,11-13H,9-10,22,24H2,1-2H3/p+1/b21-18-. The van der Waals surface area contributed by atoms with Crippen LogP contribution in [0.2, 0.25) is 0 Å². The van der Waals surface area contributed by atoms with Gasteiger partial charge in [-0.1, -0.05) is 15.9 Å². The first-order chi connectivity index (χ1) is 12.9. The maximum absolute atomic E-state index is 10.1. The lowest BCUT2D eigenvalue weighted by molar-refractivity contribution is -0.433. The molecule has 3 rings (SSSR count). The van der Waals surface area contributed by atoms with Crippen molar-refractivity contribution in [3.05, 3.63) is 75.7 Å². The lowest BCUT2D eigenvalue weighted by Crippen LogP contribution is -2.13. The highest BCUT2D eigenvalue weighted by atomic mass is 79.9. The Bertz CT molecular complexity index is 999. The molecule has 1 aliphatic rings. The summed E-state index contributed by atoms with van der Waals surface area (Å²) in [6, 6.07) is 9.60. The second kappa shape index (κ2) is 8.15. The molecule has 0 radical (unpaired) electrons. The van der Waals surface area contributed by atoms with E-state index in [4.69, 9.17) is 5.73 Å². The Hall–Kier alpha value is -2.31. The molecule has 0 amide bonds. The lowest BCUT2D eigenvalue weighted by atomic mass is 10.0. The van der Waals surface area contributed by atoms with Crippen LogP contribution >= 0.6 is 15.9 Å². The number of aromatic hydroxyl groups is 1. The molecule has 27 heavy (non-hydrogen) atoms. The summed E-state index contributed by atoms with van der Waals surface area (Å²) in [4.78, 5) is 0. The third-order valence-corrected chi connectivity index (χ3v) is 5.31. The van der Waals surface area contributed by atoms with Gasteiger partial charge in [0.2, 0.25) is 19.4 Å². The molecule has 6 heteroatoms. The van der Waals surface area contributed by atoms with Crippen LogP contribution < -0.4 is 5.73 Å². The average molecular weight is 425 g/mol. The van der Waals surface area contributed by atoms with Crippen LogP contribution in [-0.2, 0) is 0 Å². The zero-order chi connectivity index (χ0) is 19.6. The summed E-state index contributed by atoms with van der Waals surface area (Å²) in [5, 5.41) is 10.1. The van der Waals surface area contributed by atoms with Crippen LogP contribution in [-0.4, -0.2) is 41.4 Å². The Labute approximate surface area is 169 Å². The lowest BCUT2D eigenvalue weighted by Gasteiger charge is -2.11. The number of aromatic nitrogens is 1. The molecule has 0 fully saturated rings. The monoisotopic (exact) mass is 424 g/mol. The molecule has 0 unspecified atom stereocenters. The van der Waals surface area contributed by atoms with Gasteiger partial charge in [-0.25, -0.2) is 0 Å². The van der Waals surface area contributed by atoms with Gasteiger partial charge in [0.15, 0.2) is 0 Å². The van der Waals surface area contributed by atoms with Crippen molar-refractivity contribution in [1.82, 2.24) is 4.48 Å². The largest absolute Gasteiger partial charge is 0.507 e. The number of likely N-dealkylation sites (N-methyl/N-ethyl adjacent to an activating group) is 1. The Balaban J connectivity index is 2.05. The third-order valence-electron chi connectivity index (χ3n) is 4.82. The van der Waals surface area contributed by atoms with Crippen LogP contribution in [0.15, 0.2) is 64.4 Å². The van der Waals surface area contributed by atoms with Gasteiger partial charge in [0.05, 0.1) is 0 Å². The van der Waals surface area contributed by atoms with Crippen LogP contribution in [0.1, 0.15) is 24.6 Å². The number of allylic oxidation sites excluding steroid dienone is 3. The summed E-state index contributed by atoms with van der Waals surface area (Å²) >= 11 is 3.45. The number of halogens is 1. The van der Waals surface area contributed by atoms with Crippen LogP contribution in [0.4, 0.5) is 0 Å². The molecule has 0 bridgehead atoms. The van der Waals surface area contributed by atoms with Gasteiger partial charge < -0.3 is 15.3 Å². The number of nitrogens with two attached hydrogens (primary N) is 1. The number of benzene rings is 1. The number of rotatable bonds is 5. The minimum Gasteiger partial charge on any atom is -0.507 e. The fraction of sp³-hybridized carbons (Fsp3) is 0.190. The number of hydrogen-bond donors (Lipinski definition) is 2. The van der Waals surface area contributed by atoms with Crippen molar-refractivity contribution in [3.63, 3.8) is 0 Å². The highest BCUT2D eigenvalue weighted by Crippen LogP contribution is 2.30. The number of hydrogen-bond acceptors (Lipinski definition) is 2. The highest BCUT2D eigenvalue weighted by Gasteiger charge is 2.28. The molecular formula is C21H24BBrN3O+. The molecule has 3 N–H and O–H groups in total.